The summed E-state index contributed by atoms with van der Waals surface area (Å²) in [5.74, 6) is 0. The second-order valence-corrected chi connectivity index (χ2v) is 2.25. The predicted octanol–water partition coefficient (Wildman–Crippen LogP) is 0.365. The molecule has 1 aromatic rings. The van der Waals surface area contributed by atoms with Crippen molar-refractivity contribution in [1.29, 1.82) is 0 Å². The molecule has 0 amide bonds. The van der Waals surface area contributed by atoms with E-state index >= 15 is 0 Å². The molecule has 0 aliphatic rings. The molecular formula is C6H8NOPPo+. The van der Waals surface area contributed by atoms with Gasteiger partial charge in [0, 0.05) is 0 Å². The summed E-state index contributed by atoms with van der Waals surface area (Å²) in [6.07, 6.45) is 0. The van der Waals surface area contributed by atoms with Gasteiger partial charge < -0.3 is 0 Å². The molecule has 0 saturated carbocycles. The van der Waals surface area contributed by atoms with Crippen LogP contribution < -0.4 is 8.94 Å². The standard InChI is InChI=1S/C6H5OP.H2N.Po/c7-8-6-4-2-1-3-5-6;;/h1-5H;1H2;/q;-1;+1/p+1. The van der Waals surface area contributed by atoms with Gasteiger partial charge >= 0.3 is 37.5 Å². The zero-order valence-corrected chi connectivity index (χ0v) is 9.45. The molecule has 0 heterocycles. The molecule has 1 radical (unpaired) electrons. The molecule has 2 N–H and O–H groups in total. The van der Waals surface area contributed by atoms with Gasteiger partial charge in [-0.1, -0.05) is 22.8 Å². The molecule has 0 aromatic heterocycles. The van der Waals surface area contributed by atoms with Gasteiger partial charge in [-0.3, -0.25) is 0 Å². The van der Waals surface area contributed by atoms with E-state index in [0.717, 1.165) is 30.7 Å². The van der Waals surface area contributed by atoms with Gasteiger partial charge in [-0.15, -0.1) is 0 Å². The molecule has 1 atom stereocenters. The van der Waals surface area contributed by atoms with Crippen LogP contribution >= 0.6 is 8.46 Å². The van der Waals surface area contributed by atoms with Crippen molar-refractivity contribution in [3.05, 3.63) is 30.3 Å². The van der Waals surface area contributed by atoms with Gasteiger partial charge in [0.25, 0.3) is 0 Å². The first-order valence-electron chi connectivity index (χ1n) is 2.60. The van der Waals surface area contributed by atoms with Gasteiger partial charge in [0.1, 0.15) is 0 Å². The zero-order chi connectivity index (χ0) is 7.82. The van der Waals surface area contributed by atoms with E-state index in [0.29, 0.717) is 0 Å². The van der Waals surface area contributed by atoms with Gasteiger partial charge in [0.05, 0.1) is 0 Å². The van der Waals surface area contributed by atoms with Crippen LogP contribution in [0.1, 0.15) is 0 Å². The van der Waals surface area contributed by atoms with Crippen LogP contribution in [0.5, 0.6) is 0 Å². The van der Waals surface area contributed by atoms with Crippen molar-refractivity contribution >= 4 is 39.1 Å². The summed E-state index contributed by atoms with van der Waals surface area (Å²) < 4.78 is 14.7. The Morgan fingerprint density at radius 2 is 1.70 bits per heavy atom. The van der Waals surface area contributed by atoms with E-state index in [-0.39, 0.29) is 8.46 Å². The van der Waals surface area contributed by atoms with Crippen LogP contribution in [0.25, 0.3) is 0 Å². The summed E-state index contributed by atoms with van der Waals surface area (Å²) >= 11 is 1.08. The summed E-state index contributed by atoms with van der Waals surface area (Å²) in [7, 11) is -0.320. The first-order chi connectivity index (χ1) is 4.93. The quantitative estimate of drug-likeness (QED) is 0.744. The maximum absolute atomic E-state index is 10.2. The molecule has 1 unspecified atom stereocenters. The summed E-state index contributed by atoms with van der Waals surface area (Å²) in [5, 5.41) is 0.882. The van der Waals surface area contributed by atoms with E-state index in [1.165, 1.54) is 0 Å². The number of hydrogen-bond donors (Lipinski definition) is 1. The summed E-state index contributed by atoms with van der Waals surface area (Å²) in [4.78, 5) is 0. The number of rotatable bonds is 1. The summed E-state index contributed by atoms with van der Waals surface area (Å²) in [5.41, 5.74) is 0. The Morgan fingerprint density at radius 3 is 2.00 bits per heavy atom. The van der Waals surface area contributed by atoms with Crippen LogP contribution in [0.3, 0.4) is 0 Å². The van der Waals surface area contributed by atoms with Crippen LogP contribution in [0, 0.1) is 0 Å². The normalized spacial score (nSPS) is 8.20. The number of nitrogens with two attached hydrogens (primary N) is 1. The molecule has 1 aromatic carbocycles. The fourth-order valence-corrected chi connectivity index (χ4v) is 0.835. The Hall–Kier alpha value is 0.176. The van der Waals surface area contributed by atoms with Crippen molar-refractivity contribution < 1.29 is 4.57 Å². The van der Waals surface area contributed by atoms with Crippen molar-refractivity contribution in [3.63, 3.8) is 0 Å². The third-order valence-electron chi connectivity index (χ3n) is 0.892. The number of hydrogen-bond acceptors (Lipinski definition) is 2. The van der Waals surface area contributed by atoms with Gasteiger partial charge in [0.2, 0.25) is 0 Å². The minimum absolute atomic E-state index is 0.320. The van der Waals surface area contributed by atoms with E-state index in [1.54, 1.807) is 0 Å². The van der Waals surface area contributed by atoms with Crippen molar-refractivity contribution in [2.45, 2.75) is 0 Å². The van der Waals surface area contributed by atoms with E-state index in [4.69, 9.17) is 0 Å². The second kappa shape index (κ2) is 7.29. The Morgan fingerprint density at radius 1 is 1.20 bits per heavy atom. The molecule has 1 rings (SSSR count). The fourth-order valence-electron chi connectivity index (χ4n) is 0.506. The van der Waals surface area contributed by atoms with E-state index < -0.39 is 0 Å². The van der Waals surface area contributed by atoms with Crippen LogP contribution in [0.2, 0.25) is 0 Å². The van der Waals surface area contributed by atoms with Crippen LogP contribution in [-0.2, 0) is 4.57 Å². The Labute approximate surface area is 77.6 Å². The molecule has 0 spiro atoms. The molecule has 4 heteroatoms. The first-order valence-corrected chi connectivity index (χ1v) is 5.34. The molecular weight excluding hydrogens is 342 g/mol. The van der Waals surface area contributed by atoms with Crippen molar-refractivity contribution in [1.82, 2.24) is 0 Å². The van der Waals surface area contributed by atoms with Crippen molar-refractivity contribution in [2.75, 3.05) is 0 Å². The monoisotopic (exact) mass is 350 g/mol. The van der Waals surface area contributed by atoms with Crippen molar-refractivity contribution in [2.24, 2.45) is 3.63 Å². The van der Waals surface area contributed by atoms with Gasteiger partial charge in [-0.2, -0.15) is 0 Å². The third kappa shape index (κ3) is 4.07. The van der Waals surface area contributed by atoms with E-state index in [2.05, 4.69) is 3.63 Å². The topological polar surface area (TPSA) is 43.1 Å². The number of benzene rings is 1. The molecule has 53 valence electrons. The molecule has 2 nitrogen and oxygen atoms in total. The maximum atomic E-state index is 10.2. The van der Waals surface area contributed by atoms with Crippen LogP contribution in [0.4, 0.5) is 0 Å². The molecule has 0 saturated heterocycles. The summed E-state index contributed by atoms with van der Waals surface area (Å²) in [6, 6.07) is 9.33. The van der Waals surface area contributed by atoms with Crippen molar-refractivity contribution in [3.8, 4) is 0 Å². The van der Waals surface area contributed by atoms with Crippen LogP contribution in [-0.4, -0.2) is 25.4 Å². The van der Waals surface area contributed by atoms with Gasteiger partial charge in [-0.25, -0.2) is 0 Å². The molecule has 0 fully saturated rings. The zero-order valence-electron chi connectivity index (χ0n) is 5.28. The summed E-state index contributed by atoms with van der Waals surface area (Å²) in [6.45, 7) is 0. The van der Waals surface area contributed by atoms with E-state index in [1.807, 2.05) is 30.3 Å². The predicted molar refractivity (Wildman–Crippen MR) is 45.0 cm³/mol. The van der Waals surface area contributed by atoms with Gasteiger partial charge in [0.15, 0.2) is 5.30 Å². The average Bonchev–Trinajstić information content (AvgIpc) is 2.10. The molecule has 0 bridgehead atoms. The average molecular weight is 350 g/mol. The second-order valence-electron chi connectivity index (χ2n) is 1.47. The SMILES string of the molecule is O=[PH+]c1ccccc1.[NH2][Po]. The third-order valence-corrected chi connectivity index (χ3v) is 1.46. The Bertz CT molecular complexity index is 180. The van der Waals surface area contributed by atoms with Crippen LogP contribution in [0.15, 0.2) is 30.3 Å². The van der Waals surface area contributed by atoms with Gasteiger partial charge in [-0.05, 0) is 12.1 Å². The Kier molecular flexibility index (Phi) is 7.41. The fraction of sp³-hybridized carbons (Fsp3) is 0. The first kappa shape index (κ1) is 10.2. The Balaban J connectivity index is 0.000000371. The molecule has 0 aliphatic carbocycles. The molecule has 10 heavy (non-hydrogen) atoms. The van der Waals surface area contributed by atoms with E-state index in [9.17, 15) is 4.57 Å². The molecule has 0 aliphatic heterocycles. The minimum atomic E-state index is -0.320.